The van der Waals surface area contributed by atoms with Gasteiger partial charge in [-0.25, -0.2) is 4.98 Å². The first-order valence-corrected chi connectivity index (χ1v) is 8.35. The van der Waals surface area contributed by atoms with Crippen molar-refractivity contribution in [1.29, 1.82) is 0 Å². The highest BCUT2D eigenvalue weighted by Gasteiger charge is 2.11. The molecular weight excluding hydrogens is 348 g/mol. The van der Waals surface area contributed by atoms with Crippen LogP contribution in [-0.2, 0) is 20.7 Å². The van der Waals surface area contributed by atoms with Gasteiger partial charge >= 0.3 is 5.97 Å². The van der Waals surface area contributed by atoms with E-state index in [1.165, 1.54) is 11.3 Å². The third kappa shape index (κ3) is 4.31. The van der Waals surface area contributed by atoms with E-state index in [0.29, 0.717) is 10.2 Å². The van der Waals surface area contributed by atoms with Gasteiger partial charge in [-0.2, -0.15) is 0 Å². The Morgan fingerprint density at radius 2 is 1.88 bits per heavy atom. The summed E-state index contributed by atoms with van der Waals surface area (Å²) in [5, 5.41) is 3.71. The minimum Gasteiger partial charge on any atom is -0.455 e. The number of thiazole rings is 1. The molecule has 1 aromatic heterocycles. The standard InChI is InChI=1S/C17H13ClN2O3S/c18-12-7-5-11(6-8-12)9-16(22)23-10-15(21)20-17-19-13-3-1-2-4-14(13)24-17/h1-8H,9-10H2,(H,19,20,21). The van der Waals surface area contributed by atoms with Crippen LogP contribution in [0.25, 0.3) is 10.2 Å². The molecule has 3 aromatic rings. The molecule has 0 spiro atoms. The SMILES string of the molecule is O=C(COC(=O)Cc1ccc(Cl)cc1)Nc1nc2ccccc2s1. The third-order valence-electron chi connectivity index (χ3n) is 3.17. The Labute approximate surface area is 147 Å². The quantitative estimate of drug-likeness (QED) is 0.705. The lowest BCUT2D eigenvalue weighted by atomic mass is 10.1. The van der Waals surface area contributed by atoms with Gasteiger partial charge in [0.2, 0.25) is 0 Å². The number of ether oxygens (including phenoxy) is 1. The molecule has 0 bridgehead atoms. The van der Waals surface area contributed by atoms with Crippen molar-refractivity contribution in [2.45, 2.75) is 6.42 Å². The Hall–Kier alpha value is -2.44. The Kier molecular flexibility index (Phi) is 5.08. The molecular formula is C17H13ClN2O3S. The van der Waals surface area contributed by atoms with Gasteiger partial charge in [0.15, 0.2) is 11.7 Å². The summed E-state index contributed by atoms with van der Waals surface area (Å²) in [7, 11) is 0. The topological polar surface area (TPSA) is 68.3 Å². The van der Waals surface area contributed by atoms with Crippen molar-refractivity contribution in [3.63, 3.8) is 0 Å². The number of fused-ring (bicyclic) bond motifs is 1. The fraction of sp³-hybridized carbons (Fsp3) is 0.118. The average molecular weight is 361 g/mol. The lowest BCUT2D eigenvalue weighted by molar-refractivity contribution is -0.146. The third-order valence-corrected chi connectivity index (χ3v) is 4.37. The van der Waals surface area contributed by atoms with Gasteiger partial charge < -0.3 is 4.74 Å². The fourth-order valence-corrected chi connectivity index (χ4v) is 3.06. The summed E-state index contributed by atoms with van der Waals surface area (Å²) >= 11 is 7.15. The monoisotopic (exact) mass is 360 g/mol. The zero-order chi connectivity index (χ0) is 16.9. The molecule has 0 aliphatic carbocycles. The number of halogens is 1. The van der Waals surface area contributed by atoms with Crippen LogP contribution in [0.1, 0.15) is 5.56 Å². The number of hydrogen-bond acceptors (Lipinski definition) is 5. The number of carbonyl (C=O) groups is 2. The number of nitrogens with one attached hydrogen (secondary N) is 1. The van der Waals surface area contributed by atoms with E-state index in [0.717, 1.165) is 15.8 Å². The van der Waals surface area contributed by atoms with Crippen molar-refractivity contribution in [3.05, 3.63) is 59.1 Å². The maximum atomic E-state index is 11.9. The molecule has 5 nitrogen and oxygen atoms in total. The highest BCUT2D eigenvalue weighted by Crippen LogP contribution is 2.25. The Bertz CT molecular complexity index is 844. The summed E-state index contributed by atoms with van der Waals surface area (Å²) in [4.78, 5) is 27.9. The zero-order valence-electron chi connectivity index (χ0n) is 12.5. The van der Waals surface area contributed by atoms with Gasteiger partial charge in [0.1, 0.15) is 0 Å². The lowest BCUT2D eigenvalue weighted by Gasteiger charge is -2.05. The summed E-state index contributed by atoms with van der Waals surface area (Å²) < 4.78 is 5.96. The largest absolute Gasteiger partial charge is 0.455 e. The number of carbonyl (C=O) groups excluding carboxylic acids is 2. The number of esters is 1. The molecule has 0 aliphatic rings. The summed E-state index contributed by atoms with van der Waals surface area (Å²) in [6.45, 7) is -0.345. The minimum absolute atomic E-state index is 0.0889. The van der Waals surface area contributed by atoms with Crippen LogP contribution in [0, 0.1) is 0 Å². The van der Waals surface area contributed by atoms with Crippen molar-refractivity contribution in [3.8, 4) is 0 Å². The molecule has 24 heavy (non-hydrogen) atoms. The number of rotatable bonds is 5. The summed E-state index contributed by atoms with van der Waals surface area (Å²) in [5.41, 5.74) is 1.59. The summed E-state index contributed by atoms with van der Waals surface area (Å²) in [6.07, 6.45) is 0.0889. The molecule has 0 aliphatic heterocycles. The molecule has 2 aromatic carbocycles. The van der Waals surface area contributed by atoms with Gasteiger partial charge in [-0.15, -0.1) is 0 Å². The van der Waals surface area contributed by atoms with E-state index in [1.807, 2.05) is 24.3 Å². The highest BCUT2D eigenvalue weighted by atomic mass is 35.5. The summed E-state index contributed by atoms with van der Waals surface area (Å²) in [5.74, 6) is -0.893. The molecule has 0 saturated carbocycles. The van der Waals surface area contributed by atoms with Crippen LogP contribution in [0.15, 0.2) is 48.5 Å². The van der Waals surface area contributed by atoms with Crippen molar-refractivity contribution in [2.75, 3.05) is 11.9 Å². The van der Waals surface area contributed by atoms with Crippen LogP contribution in [0.2, 0.25) is 5.02 Å². The smallest absolute Gasteiger partial charge is 0.310 e. The number of para-hydroxylation sites is 1. The van der Waals surface area contributed by atoms with E-state index in [9.17, 15) is 9.59 Å². The number of nitrogens with zero attached hydrogens (tertiary/aromatic N) is 1. The highest BCUT2D eigenvalue weighted by molar-refractivity contribution is 7.22. The average Bonchev–Trinajstić information content (AvgIpc) is 2.97. The molecule has 0 fully saturated rings. The predicted octanol–water partition coefficient (Wildman–Crippen LogP) is 3.67. The Morgan fingerprint density at radius 1 is 1.12 bits per heavy atom. The molecule has 0 saturated heterocycles. The lowest BCUT2D eigenvalue weighted by Crippen LogP contribution is -2.21. The number of anilines is 1. The van der Waals surface area contributed by atoms with E-state index in [2.05, 4.69) is 10.3 Å². The van der Waals surface area contributed by atoms with Gasteiger partial charge in [0.05, 0.1) is 16.6 Å². The second kappa shape index (κ2) is 7.42. The molecule has 1 amide bonds. The van der Waals surface area contributed by atoms with E-state index in [-0.39, 0.29) is 13.0 Å². The van der Waals surface area contributed by atoms with E-state index < -0.39 is 11.9 Å². The number of amides is 1. The van der Waals surface area contributed by atoms with Gasteiger partial charge in [-0.3, -0.25) is 14.9 Å². The van der Waals surface area contributed by atoms with Gasteiger partial charge in [-0.1, -0.05) is 47.2 Å². The first-order chi connectivity index (χ1) is 11.6. The number of aromatic nitrogens is 1. The van der Waals surface area contributed by atoms with Gasteiger partial charge in [0.25, 0.3) is 5.91 Å². The molecule has 3 rings (SSSR count). The Morgan fingerprint density at radius 3 is 2.62 bits per heavy atom. The van der Waals surface area contributed by atoms with E-state index >= 15 is 0 Å². The Balaban J connectivity index is 1.49. The van der Waals surface area contributed by atoms with Crippen LogP contribution in [0.3, 0.4) is 0 Å². The normalized spacial score (nSPS) is 10.5. The maximum Gasteiger partial charge on any atom is 0.310 e. The maximum absolute atomic E-state index is 11.9. The molecule has 0 unspecified atom stereocenters. The van der Waals surface area contributed by atoms with Crippen molar-refractivity contribution >= 4 is 50.2 Å². The van der Waals surface area contributed by atoms with E-state index in [1.54, 1.807) is 24.3 Å². The first-order valence-electron chi connectivity index (χ1n) is 7.15. The van der Waals surface area contributed by atoms with Crippen molar-refractivity contribution in [2.24, 2.45) is 0 Å². The molecule has 1 N–H and O–H groups in total. The van der Waals surface area contributed by atoms with Crippen LogP contribution < -0.4 is 5.32 Å². The first kappa shape index (κ1) is 16.4. The van der Waals surface area contributed by atoms with Gasteiger partial charge in [0, 0.05) is 5.02 Å². The zero-order valence-corrected chi connectivity index (χ0v) is 14.1. The molecule has 0 atom stereocenters. The van der Waals surface area contributed by atoms with E-state index in [4.69, 9.17) is 16.3 Å². The number of benzene rings is 2. The predicted molar refractivity (Wildman–Crippen MR) is 94.4 cm³/mol. The van der Waals surface area contributed by atoms with Crippen LogP contribution in [0.4, 0.5) is 5.13 Å². The van der Waals surface area contributed by atoms with Crippen molar-refractivity contribution < 1.29 is 14.3 Å². The molecule has 122 valence electrons. The van der Waals surface area contributed by atoms with Gasteiger partial charge in [-0.05, 0) is 29.8 Å². The molecule has 1 heterocycles. The molecule has 7 heteroatoms. The van der Waals surface area contributed by atoms with Crippen LogP contribution in [0.5, 0.6) is 0 Å². The minimum atomic E-state index is -0.475. The molecule has 0 radical (unpaired) electrons. The second-order valence-electron chi connectivity index (χ2n) is 5.00. The second-order valence-corrected chi connectivity index (χ2v) is 6.47. The fourth-order valence-electron chi connectivity index (χ4n) is 2.05. The summed E-state index contributed by atoms with van der Waals surface area (Å²) in [6, 6.07) is 14.5. The van der Waals surface area contributed by atoms with Crippen LogP contribution >= 0.6 is 22.9 Å². The van der Waals surface area contributed by atoms with Crippen LogP contribution in [-0.4, -0.2) is 23.5 Å². The van der Waals surface area contributed by atoms with Crippen molar-refractivity contribution in [1.82, 2.24) is 4.98 Å². The number of hydrogen-bond donors (Lipinski definition) is 1.